The fraction of sp³-hybridized carbons (Fsp3) is 0.639. The average molecular weight is 675 g/mol. The minimum absolute atomic E-state index is 0.0719. The molecule has 2 aliphatic heterocycles. The van der Waals surface area contributed by atoms with Crippen molar-refractivity contribution >= 4 is 40.9 Å². The monoisotopic (exact) mass is 674 g/mol. The number of fused-ring (bicyclic) bond motifs is 2. The number of carboxylic acid groups (broad SMARTS) is 1. The Labute approximate surface area is 287 Å². The van der Waals surface area contributed by atoms with Crippen molar-refractivity contribution < 1.29 is 24.2 Å². The molecule has 7 rings (SSSR count). The molecule has 5 N–H and O–H groups in total. The van der Waals surface area contributed by atoms with E-state index < -0.39 is 12.0 Å². The highest BCUT2D eigenvalue weighted by atomic mass is 16.5. The van der Waals surface area contributed by atoms with Crippen LogP contribution in [0, 0.1) is 17.8 Å². The van der Waals surface area contributed by atoms with Crippen molar-refractivity contribution in [1.82, 2.24) is 20.2 Å². The number of amides is 2. The van der Waals surface area contributed by atoms with Gasteiger partial charge in [0.1, 0.15) is 23.5 Å². The number of nitrogens with zero attached hydrogens (tertiary/aromatic N) is 5. The molecule has 3 saturated carbocycles. The van der Waals surface area contributed by atoms with E-state index >= 15 is 0 Å². The molecular weight excluding hydrogens is 624 g/mol. The Morgan fingerprint density at radius 3 is 2.45 bits per heavy atom. The number of carbonyl (C=O) groups is 3. The van der Waals surface area contributed by atoms with Gasteiger partial charge in [0.2, 0.25) is 11.9 Å². The van der Waals surface area contributed by atoms with Crippen LogP contribution in [0.2, 0.25) is 0 Å². The van der Waals surface area contributed by atoms with Crippen molar-refractivity contribution in [3.8, 4) is 5.75 Å². The molecular formula is C36H50N8O5. The number of anilines is 4. The molecule has 13 nitrogen and oxygen atoms in total. The summed E-state index contributed by atoms with van der Waals surface area (Å²) >= 11 is 0. The van der Waals surface area contributed by atoms with Crippen LogP contribution in [0.25, 0.3) is 0 Å². The summed E-state index contributed by atoms with van der Waals surface area (Å²) < 4.78 is 5.70. The van der Waals surface area contributed by atoms with Crippen LogP contribution in [0.4, 0.5) is 23.1 Å². The van der Waals surface area contributed by atoms with Crippen LogP contribution in [0.15, 0.2) is 24.4 Å². The number of rotatable bonds is 12. The van der Waals surface area contributed by atoms with Crippen LogP contribution < -0.4 is 30.9 Å². The number of hydrogen-bond acceptors (Lipinski definition) is 10. The van der Waals surface area contributed by atoms with E-state index in [0.717, 1.165) is 57.4 Å². The number of benzene rings is 1. The number of aromatic nitrogens is 2. The normalized spacial score (nSPS) is 26.7. The standard InChI is InChI=1S/C36H50N8O5/c1-4-27-34(46)42(2)29-17-38-36(41-32(29)44(27)22-11-7-8-12-22)39-26-14-13-21(15-30(26)49-3)33(45)40-31-23-18-43(19-24(23)31)28(16-25(37)35(47)48)20-9-5-6-10-20/h13-15,17,20,22-25,27-28,31H,4-12,16,18-19,37H2,1-3H3,(H,40,45)(H,47,48)(H,38,39,41)/t23?,24?,25-,27+,28?,31?/m0/s1. The Bertz CT molecular complexity index is 1560. The van der Waals surface area contributed by atoms with Gasteiger partial charge in [0.15, 0.2) is 5.82 Å². The van der Waals surface area contributed by atoms with Crippen LogP contribution >= 0.6 is 0 Å². The van der Waals surface area contributed by atoms with Crippen LogP contribution in [0.5, 0.6) is 5.75 Å². The Kier molecular flexibility index (Phi) is 9.40. The zero-order chi connectivity index (χ0) is 34.4. The van der Waals surface area contributed by atoms with E-state index in [1.54, 1.807) is 37.4 Å². The number of carboxylic acids is 1. The Morgan fingerprint density at radius 1 is 1.10 bits per heavy atom. The largest absolute Gasteiger partial charge is 0.495 e. The predicted octanol–water partition coefficient (Wildman–Crippen LogP) is 3.75. The molecule has 3 heterocycles. The summed E-state index contributed by atoms with van der Waals surface area (Å²) in [6.07, 6.45) is 11.9. The van der Waals surface area contributed by atoms with Crippen LogP contribution in [0.1, 0.15) is 81.5 Å². The highest BCUT2D eigenvalue weighted by Crippen LogP contribution is 2.48. The second kappa shape index (κ2) is 13.7. The van der Waals surface area contributed by atoms with Gasteiger partial charge >= 0.3 is 5.97 Å². The molecule has 49 heavy (non-hydrogen) atoms. The van der Waals surface area contributed by atoms with Gasteiger partial charge in [-0.1, -0.05) is 32.6 Å². The molecule has 5 aliphatic rings. The van der Waals surface area contributed by atoms with Gasteiger partial charge in [0.25, 0.3) is 5.91 Å². The lowest BCUT2D eigenvalue weighted by molar-refractivity contribution is -0.139. The molecule has 0 spiro atoms. The van der Waals surface area contributed by atoms with Crippen LogP contribution in [-0.2, 0) is 9.59 Å². The van der Waals surface area contributed by atoms with Crippen LogP contribution in [0.3, 0.4) is 0 Å². The van der Waals surface area contributed by atoms with E-state index in [1.807, 2.05) is 13.0 Å². The number of aliphatic carboxylic acids is 1. The van der Waals surface area contributed by atoms with E-state index in [-0.39, 0.29) is 36.0 Å². The quantitative estimate of drug-likeness (QED) is 0.259. The highest BCUT2D eigenvalue weighted by molar-refractivity contribution is 6.04. The third-order valence-corrected chi connectivity index (χ3v) is 11.9. The predicted molar refractivity (Wildman–Crippen MR) is 186 cm³/mol. The van der Waals surface area contributed by atoms with Crippen molar-refractivity contribution in [3.63, 3.8) is 0 Å². The van der Waals surface area contributed by atoms with E-state index in [0.29, 0.717) is 59.2 Å². The molecule has 2 amide bonds. The van der Waals surface area contributed by atoms with Gasteiger partial charge in [-0.2, -0.15) is 4.98 Å². The molecule has 2 aromatic rings. The molecule has 0 radical (unpaired) electrons. The molecule has 1 saturated heterocycles. The summed E-state index contributed by atoms with van der Waals surface area (Å²) in [5.41, 5.74) is 7.83. The van der Waals surface area contributed by atoms with E-state index in [2.05, 4.69) is 25.4 Å². The second-order valence-corrected chi connectivity index (χ2v) is 14.7. The fourth-order valence-corrected chi connectivity index (χ4v) is 9.12. The van der Waals surface area contributed by atoms with E-state index in [4.69, 9.17) is 15.5 Å². The van der Waals surface area contributed by atoms with Crippen molar-refractivity contribution in [2.75, 3.05) is 42.4 Å². The minimum Gasteiger partial charge on any atom is -0.495 e. The number of nitrogens with one attached hydrogen (secondary N) is 2. The van der Waals surface area contributed by atoms with Gasteiger partial charge < -0.3 is 36.0 Å². The van der Waals surface area contributed by atoms with Crippen molar-refractivity contribution in [2.24, 2.45) is 23.5 Å². The summed E-state index contributed by atoms with van der Waals surface area (Å²) in [6, 6.07) is 4.77. The third-order valence-electron chi connectivity index (χ3n) is 11.9. The molecule has 5 atom stereocenters. The first-order valence-electron chi connectivity index (χ1n) is 18.1. The first-order valence-corrected chi connectivity index (χ1v) is 18.1. The average Bonchev–Trinajstić information content (AvgIpc) is 3.69. The summed E-state index contributed by atoms with van der Waals surface area (Å²) in [5, 5.41) is 16.0. The maximum atomic E-state index is 13.4. The summed E-state index contributed by atoms with van der Waals surface area (Å²) in [4.78, 5) is 54.0. The number of carbonyl (C=O) groups excluding carboxylic acids is 2. The van der Waals surface area contributed by atoms with E-state index in [1.165, 1.54) is 12.8 Å². The summed E-state index contributed by atoms with van der Waals surface area (Å²) in [7, 11) is 3.36. The number of likely N-dealkylation sites (N-methyl/N-ethyl adjacent to an activating group) is 1. The number of hydrogen-bond donors (Lipinski definition) is 4. The lowest BCUT2D eigenvalue weighted by atomic mass is 9.91. The number of nitrogens with two attached hydrogens (primary N) is 1. The van der Waals surface area contributed by atoms with Crippen molar-refractivity contribution in [1.29, 1.82) is 0 Å². The lowest BCUT2D eigenvalue weighted by Crippen LogP contribution is -2.55. The zero-order valence-corrected chi connectivity index (χ0v) is 28.8. The molecule has 264 valence electrons. The van der Waals surface area contributed by atoms with Gasteiger partial charge in [-0.3, -0.25) is 19.3 Å². The summed E-state index contributed by atoms with van der Waals surface area (Å²) in [5.74, 6) is 1.86. The number of piperidine rings is 1. The zero-order valence-electron chi connectivity index (χ0n) is 28.8. The van der Waals surface area contributed by atoms with Crippen molar-refractivity contribution in [3.05, 3.63) is 30.0 Å². The van der Waals surface area contributed by atoms with Crippen molar-refractivity contribution in [2.45, 2.75) is 101 Å². The van der Waals surface area contributed by atoms with Gasteiger partial charge in [0, 0.05) is 43.8 Å². The second-order valence-electron chi connectivity index (χ2n) is 14.7. The Morgan fingerprint density at radius 2 is 1.80 bits per heavy atom. The molecule has 13 heteroatoms. The maximum absolute atomic E-state index is 13.4. The van der Waals surface area contributed by atoms with E-state index in [9.17, 15) is 19.5 Å². The topological polar surface area (TPSA) is 166 Å². The highest BCUT2D eigenvalue weighted by Gasteiger charge is 2.58. The number of likely N-dealkylation sites (tertiary alicyclic amines) is 1. The van der Waals surface area contributed by atoms with Gasteiger partial charge in [-0.25, -0.2) is 4.98 Å². The Hall–Kier alpha value is -3.97. The third kappa shape index (κ3) is 6.42. The molecule has 1 aromatic heterocycles. The van der Waals surface area contributed by atoms with Gasteiger partial charge in [-0.15, -0.1) is 0 Å². The molecule has 3 unspecified atom stereocenters. The SMILES string of the molecule is CC[C@@H]1C(=O)N(C)c2cnc(Nc3ccc(C(=O)NC4C5CN(C(C[C@H](N)C(=O)O)C6CCCC6)CC54)cc3OC)nc2N1C1CCCC1. The first-order chi connectivity index (χ1) is 23.7. The molecule has 0 bridgehead atoms. The van der Waals surface area contributed by atoms with Gasteiger partial charge in [-0.05, 0) is 74.5 Å². The number of ether oxygens (including phenoxy) is 1. The minimum atomic E-state index is -0.939. The smallest absolute Gasteiger partial charge is 0.320 e. The molecule has 4 fully saturated rings. The van der Waals surface area contributed by atoms with Crippen LogP contribution in [-0.4, -0.2) is 95.2 Å². The molecule has 3 aliphatic carbocycles. The first kappa shape index (κ1) is 33.5. The Balaban J connectivity index is 1.01. The molecule has 1 aromatic carbocycles. The summed E-state index contributed by atoms with van der Waals surface area (Å²) in [6.45, 7) is 3.76. The number of methoxy groups -OCH3 is 1. The maximum Gasteiger partial charge on any atom is 0.320 e. The fourth-order valence-electron chi connectivity index (χ4n) is 9.12. The van der Waals surface area contributed by atoms with Gasteiger partial charge in [0.05, 0.1) is 19.0 Å². The lowest BCUT2D eigenvalue weighted by Gasteiger charge is -2.43.